The van der Waals surface area contributed by atoms with Gasteiger partial charge in [0.1, 0.15) is 12.1 Å². The van der Waals surface area contributed by atoms with Crippen LogP contribution in [0.25, 0.3) is 10.9 Å². The molecule has 3 rings (SSSR count). The normalized spacial score (nSPS) is 10.9. The van der Waals surface area contributed by atoms with E-state index in [1.54, 1.807) is 12.1 Å². The molecule has 0 aliphatic heterocycles. The summed E-state index contributed by atoms with van der Waals surface area (Å²) in [5.41, 5.74) is 2.12. The Morgan fingerprint density at radius 2 is 2.00 bits per heavy atom. The summed E-state index contributed by atoms with van der Waals surface area (Å²) >= 11 is 5.90. The van der Waals surface area contributed by atoms with E-state index < -0.39 is 0 Å². The second-order valence-corrected chi connectivity index (χ2v) is 5.05. The van der Waals surface area contributed by atoms with Gasteiger partial charge in [-0.3, -0.25) is 4.79 Å². The van der Waals surface area contributed by atoms with Gasteiger partial charge < -0.3 is 4.57 Å². The van der Waals surface area contributed by atoms with E-state index in [1.807, 2.05) is 29.0 Å². The van der Waals surface area contributed by atoms with Crippen LogP contribution in [0.1, 0.15) is 15.9 Å². The molecular weight excluding hydrogens is 277 g/mol. The summed E-state index contributed by atoms with van der Waals surface area (Å²) < 4.78 is 15.7. The summed E-state index contributed by atoms with van der Waals surface area (Å²) in [5.74, 6) is -0.277. The molecule has 0 bridgehead atoms. The summed E-state index contributed by atoms with van der Waals surface area (Å²) in [6.45, 7) is 0.399. The molecule has 3 aromatic rings. The number of benzene rings is 2. The number of aromatic nitrogens is 1. The van der Waals surface area contributed by atoms with Crippen molar-refractivity contribution in [1.82, 2.24) is 4.57 Å². The highest BCUT2D eigenvalue weighted by Crippen LogP contribution is 2.21. The van der Waals surface area contributed by atoms with Crippen LogP contribution >= 0.6 is 11.6 Å². The van der Waals surface area contributed by atoms with Crippen LogP contribution in [0.15, 0.2) is 48.7 Å². The smallest absolute Gasteiger partial charge is 0.150 e. The first-order valence-corrected chi connectivity index (χ1v) is 6.53. The molecule has 100 valence electrons. The summed E-state index contributed by atoms with van der Waals surface area (Å²) in [7, 11) is 0. The maximum atomic E-state index is 13.8. The number of aldehydes is 1. The number of fused-ring (bicyclic) bond motifs is 1. The zero-order chi connectivity index (χ0) is 14.1. The van der Waals surface area contributed by atoms with E-state index in [0.717, 1.165) is 17.2 Å². The fraction of sp³-hybridized carbons (Fsp3) is 0.0625. The van der Waals surface area contributed by atoms with Crippen molar-refractivity contribution >= 4 is 28.8 Å². The highest BCUT2D eigenvalue weighted by Gasteiger charge is 2.07. The van der Waals surface area contributed by atoms with Crippen molar-refractivity contribution in [3.05, 3.63) is 70.6 Å². The van der Waals surface area contributed by atoms with Crippen molar-refractivity contribution in [2.24, 2.45) is 0 Å². The zero-order valence-electron chi connectivity index (χ0n) is 10.5. The third-order valence-corrected chi connectivity index (χ3v) is 3.51. The maximum absolute atomic E-state index is 13.8. The molecule has 0 aliphatic carbocycles. The van der Waals surface area contributed by atoms with Crippen LogP contribution in [-0.2, 0) is 6.54 Å². The SMILES string of the molecule is O=Cc1ccc2c(ccn2Cc2cc(Cl)ccc2F)c1. The van der Waals surface area contributed by atoms with Gasteiger partial charge in [0.2, 0.25) is 0 Å². The minimum Gasteiger partial charge on any atom is -0.343 e. The summed E-state index contributed by atoms with van der Waals surface area (Å²) in [5, 5.41) is 1.47. The third kappa shape index (κ3) is 2.32. The molecule has 4 heteroatoms. The van der Waals surface area contributed by atoms with Gasteiger partial charge in [0.05, 0.1) is 6.54 Å². The molecule has 0 unspecified atom stereocenters. The third-order valence-electron chi connectivity index (χ3n) is 3.28. The fourth-order valence-corrected chi connectivity index (χ4v) is 2.47. The van der Waals surface area contributed by atoms with E-state index in [4.69, 9.17) is 11.6 Å². The van der Waals surface area contributed by atoms with Gasteiger partial charge in [0.15, 0.2) is 0 Å². The van der Waals surface area contributed by atoms with E-state index in [9.17, 15) is 9.18 Å². The van der Waals surface area contributed by atoms with E-state index in [2.05, 4.69) is 0 Å². The lowest BCUT2D eigenvalue weighted by atomic mass is 10.1. The van der Waals surface area contributed by atoms with Crippen LogP contribution in [0.2, 0.25) is 5.02 Å². The number of hydrogen-bond acceptors (Lipinski definition) is 1. The molecule has 2 aromatic carbocycles. The van der Waals surface area contributed by atoms with E-state index in [-0.39, 0.29) is 5.82 Å². The predicted octanol–water partition coefficient (Wildman–Crippen LogP) is 4.29. The average Bonchev–Trinajstić information content (AvgIpc) is 2.85. The molecule has 0 N–H and O–H groups in total. The molecule has 2 nitrogen and oxygen atoms in total. The van der Waals surface area contributed by atoms with Crippen molar-refractivity contribution in [2.75, 3.05) is 0 Å². The van der Waals surface area contributed by atoms with Crippen LogP contribution in [0.5, 0.6) is 0 Å². The lowest BCUT2D eigenvalue weighted by Gasteiger charge is -2.07. The number of hydrogen-bond donors (Lipinski definition) is 0. The lowest BCUT2D eigenvalue weighted by molar-refractivity contribution is 0.112. The molecule has 0 fully saturated rings. The Labute approximate surface area is 120 Å². The molecule has 20 heavy (non-hydrogen) atoms. The fourth-order valence-electron chi connectivity index (χ4n) is 2.28. The molecule has 0 amide bonds. The molecule has 0 radical (unpaired) electrons. The Hall–Kier alpha value is -2.13. The average molecular weight is 288 g/mol. The quantitative estimate of drug-likeness (QED) is 0.659. The molecular formula is C16H11ClFNO. The minimum absolute atomic E-state index is 0.277. The van der Waals surface area contributed by atoms with Gasteiger partial charge in [-0.1, -0.05) is 11.6 Å². The van der Waals surface area contributed by atoms with Gasteiger partial charge in [-0.05, 0) is 42.5 Å². The predicted molar refractivity (Wildman–Crippen MR) is 77.8 cm³/mol. The van der Waals surface area contributed by atoms with Crippen molar-refractivity contribution in [1.29, 1.82) is 0 Å². The van der Waals surface area contributed by atoms with Gasteiger partial charge >= 0.3 is 0 Å². The Morgan fingerprint density at radius 3 is 2.80 bits per heavy atom. The van der Waals surface area contributed by atoms with Gasteiger partial charge in [-0.25, -0.2) is 4.39 Å². The molecule has 0 atom stereocenters. The first kappa shape index (κ1) is 12.9. The maximum Gasteiger partial charge on any atom is 0.150 e. The largest absolute Gasteiger partial charge is 0.343 e. The Bertz CT molecular complexity index is 794. The summed E-state index contributed by atoms with van der Waals surface area (Å²) in [6, 6.07) is 11.9. The molecule has 0 saturated heterocycles. The zero-order valence-corrected chi connectivity index (χ0v) is 11.3. The summed E-state index contributed by atoms with van der Waals surface area (Å²) in [6.07, 6.45) is 2.69. The minimum atomic E-state index is -0.277. The van der Waals surface area contributed by atoms with Gasteiger partial charge in [-0.2, -0.15) is 0 Å². The number of halogens is 2. The van der Waals surface area contributed by atoms with Crippen LogP contribution < -0.4 is 0 Å². The van der Waals surface area contributed by atoms with Crippen molar-refractivity contribution < 1.29 is 9.18 Å². The van der Waals surface area contributed by atoms with E-state index in [1.165, 1.54) is 12.1 Å². The van der Waals surface area contributed by atoms with Crippen LogP contribution in [0.3, 0.4) is 0 Å². The Kier molecular flexibility index (Phi) is 3.28. The Balaban J connectivity index is 2.02. The molecule has 0 aliphatic rings. The molecule has 0 saturated carbocycles. The van der Waals surface area contributed by atoms with Crippen molar-refractivity contribution in [2.45, 2.75) is 6.54 Å². The first-order chi connectivity index (χ1) is 9.67. The number of nitrogens with zero attached hydrogens (tertiary/aromatic N) is 1. The highest BCUT2D eigenvalue weighted by molar-refractivity contribution is 6.30. The first-order valence-electron chi connectivity index (χ1n) is 6.15. The number of rotatable bonds is 3. The van der Waals surface area contributed by atoms with E-state index >= 15 is 0 Å². The molecule has 1 heterocycles. The van der Waals surface area contributed by atoms with Crippen molar-refractivity contribution in [3.63, 3.8) is 0 Å². The summed E-state index contributed by atoms with van der Waals surface area (Å²) in [4.78, 5) is 10.8. The van der Waals surface area contributed by atoms with Crippen LogP contribution in [-0.4, -0.2) is 10.9 Å². The Morgan fingerprint density at radius 1 is 1.15 bits per heavy atom. The topological polar surface area (TPSA) is 22.0 Å². The highest BCUT2D eigenvalue weighted by atomic mass is 35.5. The monoisotopic (exact) mass is 287 g/mol. The molecule has 0 spiro atoms. The van der Waals surface area contributed by atoms with Gasteiger partial charge in [-0.15, -0.1) is 0 Å². The standard InChI is InChI=1S/C16H11ClFNO/c17-14-2-3-15(18)13(8-14)9-19-6-5-12-7-11(10-20)1-4-16(12)19/h1-8,10H,9H2. The van der Waals surface area contributed by atoms with Gasteiger partial charge in [0, 0.05) is 33.2 Å². The van der Waals surface area contributed by atoms with Crippen molar-refractivity contribution in [3.8, 4) is 0 Å². The number of carbonyl (C=O) groups is 1. The molecule has 1 aromatic heterocycles. The number of carbonyl (C=O) groups excluding carboxylic acids is 1. The van der Waals surface area contributed by atoms with Crippen LogP contribution in [0.4, 0.5) is 4.39 Å². The second-order valence-electron chi connectivity index (χ2n) is 4.62. The van der Waals surface area contributed by atoms with E-state index in [0.29, 0.717) is 22.7 Å². The lowest BCUT2D eigenvalue weighted by Crippen LogP contribution is -2.00. The second kappa shape index (κ2) is 5.10. The van der Waals surface area contributed by atoms with Crippen LogP contribution in [0, 0.1) is 5.82 Å². The van der Waals surface area contributed by atoms with Gasteiger partial charge in [0.25, 0.3) is 0 Å².